The third-order valence-corrected chi connectivity index (χ3v) is 23.4. The summed E-state index contributed by atoms with van der Waals surface area (Å²) in [6.45, 7) is 10.4. The van der Waals surface area contributed by atoms with Gasteiger partial charge in [-0.15, -0.1) is 0 Å². The molecule has 12 rings (SSSR count). The molecule has 22 nitrogen and oxygen atoms in total. The number of anilines is 3. The number of imidazole rings is 3. The molecule has 3 fully saturated rings. The number of aliphatic hydroxyl groups excluding tert-OH is 1. The van der Waals surface area contributed by atoms with E-state index < -0.39 is 6.10 Å². The monoisotopic (exact) mass is 1530 g/mol. The Bertz CT molecular complexity index is 4110. The predicted molar refractivity (Wildman–Crippen MR) is 380 cm³/mol. The number of hydrogen-bond donors (Lipinski definition) is 4. The first-order valence-corrected chi connectivity index (χ1v) is 36.0. The smallest absolute Gasteiger partial charge is 0.251 e. The van der Waals surface area contributed by atoms with Crippen LogP contribution < -0.4 is 31.4 Å². The summed E-state index contributed by atoms with van der Waals surface area (Å²) in [7, 11) is 4.98. The van der Waals surface area contributed by atoms with Crippen molar-refractivity contribution in [2.24, 2.45) is 17.8 Å². The van der Waals surface area contributed by atoms with Crippen molar-refractivity contribution in [3.05, 3.63) is 105 Å². The van der Waals surface area contributed by atoms with Crippen LogP contribution in [0, 0.1) is 17.8 Å². The Morgan fingerprint density at radius 2 is 0.862 bits per heavy atom. The zero-order chi connectivity index (χ0) is 66.6. The number of aromatic nitrogens is 9. The fraction of sp³-hybridized carbons (Fsp3) is 0.409. The highest BCUT2D eigenvalue weighted by Gasteiger charge is 2.28. The molecule has 3 amide bonds. The molecule has 0 radical (unpaired) electrons. The van der Waals surface area contributed by atoms with Gasteiger partial charge in [-0.1, -0.05) is 35.3 Å². The minimum absolute atomic E-state index is 0.171. The highest BCUT2D eigenvalue weighted by atomic mass is 79.9. The number of halogens is 3. The largest absolute Gasteiger partial charge is 0.497 e. The maximum absolute atomic E-state index is 12.0. The van der Waals surface area contributed by atoms with Crippen LogP contribution in [0.25, 0.3) is 33.1 Å². The van der Waals surface area contributed by atoms with E-state index in [9.17, 15) is 19.5 Å². The molecule has 6 aromatic heterocycles. The fourth-order valence-electron chi connectivity index (χ4n) is 11.9. The number of ether oxygens (including phenoxy) is 3. The van der Waals surface area contributed by atoms with Gasteiger partial charge in [0.15, 0.2) is 32.9 Å². The molecule has 0 saturated carbocycles. The lowest BCUT2D eigenvalue weighted by Crippen LogP contribution is -2.43. The first kappa shape index (κ1) is 70.0. The molecule has 3 aliphatic rings. The molecule has 3 aromatic carbocycles. The van der Waals surface area contributed by atoms with Crippen LogP contribution in [0.1, 0.15) is 71.6 Å². The van der Waals surface area contributed by atoms with Crippen molar-refractivity contribution in [2.75, 3.05) is 77.8 Å². The van der Waals surface area contributed by atoms with Crippen molar-refractivity contribution >= 4 is 152 Å². The van der Waals surface area contributed by atoms with Gasteiger partial charge in [0, 0.05) is 113 Å². The van der Waals surface area contributed by atoms with Crippen LogP contribution in [0.15, 0.2) is 135 Å². The average molecular weight is 1530 g/mol. The minimum atomic E-state index is -0.937. The molecule has 9 heterocycles. The summed E-state index contributed by atoms with van der Waals surface area (Å²) in [6.07, 6.45) is 14.3. The Hall–Kier alpha value is -6.82. The summed E-state index contributed by atoms with van der Waals surface area (Å²) in [5.74, 6) is 5.36. The number of benzene rings is 3. The molecule has 1 atom stereocenters. The van der Waals surface area contributed by atoms with E-state index in [2.05, 4.69) is 76.4 Å². The van der Waals surface area contributed by atoms with Crippen molar-refractivity contribution in [1.82, 2.24) is 58.3 Å². The third-order valence-electron chi connectivity index (χ3n) is 17.4. The van der Waals surface area contributed by atoms with Crippen molar-refractivity contribution in [3.63, 3.8) is 0 Å². The van der Waals surface area contributed by atoms with Gasteiger partial charge in [-0.2, -0.15) is 0 Å². The zero-order valence-electron chi connectivity index (χ0n) is 53.1. The van der Waals surface area contributed by atoms with Gasteiger partial charge in [0.1, 0.15) is 39.9 Å². The SMILES string of the molecule is COc1ccc(Br)c(Sc2nc3c(N)nccc3n2CCC2CCN(C(=O)[C@H](C)O)CC2)c1.COc1ccc(Br)c(Sc2nc3c(N)nccc3n2CCC2CCN(C(C)=O)CC2)c1.COc1ccc(Br)c(Sc2nc3c(N)nccc3n2CCC2CCN(C=O)CC2)c1. The van der Waals surface area contributed by atoms with Crippen molar-refractivity contribution in [3.8, 4) is 17.2 Å². The molecular formula is C66H78Br3N15O7S3. The van der Waals surface area contributed by atoms with E-state index in [-0.39, 0.29) is 11.8 Å². The Morgan fingerprint density at radius 1 is 0.543 bits per heavy atom. The number of nitrogen functional groups attached to an aromatic ring is 3. The van der Waals surface area contributed by atoms with Gasteiger partial charge in [-0.3, -0.25) is 14.4 Å². The van der Waals surface area contributed by atoms with Crippen LogP contribution in [-0.4, -0.2) is 148 Å². The molecule has 0 unspecified atom stereocenters. The summed E-state index contributed by atoms with van der Waals surface area (Å²) in [6, 6.07) is 23.5. The van der Waals surface area contributed by atoms with Gasteiger partial charge in [-0.05, 0) is 203 Å². The molecule has 0 spiro atoms. The van der Waals surface area contributed by atoms with Crippen LogP contribution >= 0.6 is 83.1 Å². The number of amides is 3. The van der Waals surface area contributed by atoms with Gasteiger partial charge in [0.25, 0.3) is 5.91 Å². The topological polar surface area (TPSA) is 279 Å². The van der Waals surface area contributed by atoms with Gasteiger partial charge in [0.2, 0.25) is 12.3 Å². The zero-order valence-corrected chi connectivity index (χ0v) is 60.3. The lowest BCUT2D eigenvalue weighted by Gasteiger charge is -2.32. The van der Waals surface area contributed by atoms with Crippen molar-refractivity contribution in [2.45, 2.75) is 128 Å². The molecule has 0 aliphatic carbocycles. The highest BCUT2D eigenvalue weighted by molar-refractivity contribution is 9.11. The van der Waals surface area contributed by atoms with Crippen molar-refractivity contribution in [1.29, 1.82) is 0 Å². The first-order valence-electron chi connectivity index (χ1n) is 31.2. The fourth-order valence-corrected chi connectivity index (χ4v) is 16.3. The molecule has 0 bridgehead atoms. The molecular weight excluding hydrogens is 1450 g/mol. The number of methoxy groups -OCH3 is 3. The first-order chi connectivity index (χ1) is 45.4. The number of carbonyl (C=O) groups excluding carboxylic acids is 3. The van der Waals surface area contributed by atoms with E-state index in [1.54, 1.807) is 87.0 Å². The number of rotatable bonds is 20. The van der Waals surface area contributed by atoms with E-state index >= 15 is 0 Å². The average Bonchev–Trinajstić information content (AvgIpc) is 1.77. The standard InChI is InChI=1S/C23H28BrN5O3S.C22H26BrN5O2S.C21H24BrN5O2S/c1-14(30)22(31)28-10-6-15(7-11-28)8-12-29-18-5-9-26-21(25)20(18)27-23(29)33-19-13-16(32-2)3-4-17(19)24;1-14(29)27-10-6-15(7-11-27)8-12-28-18-5-9-25-21(24)20(18)26-22(28)31-19-13-16(30-2)3-4-17(19)23;1-29-15-2-3-16(22)18(12-15)30-21-25-19-17(4-8-24-20(19)23)27(21)11-7-14-5-9-26(13-28)10-6-14/h3-5,9,13-15,30H,6-8,10-12H2,1-2H3,(H2,25,26);3-5,9,13,15H,6-8,10-12H2,1-2H3,(H2,24,25);2-4,8,12-14H,5-7,9-11H2,1H3,(H2,23,24)/t14-;;/m0../s1. The van der Waals surface area contributed by atoms with E-state index in [0.717, 1.165) is 198 Å². The van der Waals surface area contributed by atoms with E-state index in [4.69, 9.17) is 46.4 Å². The van der Waals surface area contributed by atoms with Crippen LogP contribution in [-0.2, 0) is 34.0 Å². The number of aryl methyl sites for hydroxylation is 3. The minimum Gasteiger partial charge on any atom is -0.497 e. The number of pyridine rings is 3. The molecule has 498 valence electrons. The molecule has 3 saturated heterocycles. The Kier molecular flexibility index (Phi) is 24.4. The van der Waals surface area contributed by atoms with Crippen LogP contribution in [0.5, 0.6) is 17.2 Å². The molecule has 94 heavy (non-hydrogen) atoms. The Morgan fingerprint density at radius 3 is 1.16 bits per heavy atom. The second kappa shape index (κ2) is 32.7. The van der Waals surface area contributed by atoms with Gasteiger partial charge in [0.05, 0.1) is 37.9 Å². The van der Waals surface area contributed by atoms with Crippen LogP contribution in [0.2, 0.25) is 0 Å². The lowest BCUT2D eigenvalue weighted by atomic mass is 9.93. The van der Waals surface area contributed by atoms with Gasteiger partial charge >= 0.3 is 0 Å². The second-order valence-corrected chi connectivity index (χ2v) is 29.0. The summed E-state index contributed by atoms with van der Waals surface area (Å²) < 4.78 is 25.8. The summed E-state index contributed by atoms with van der Waals surface area (Å²) in [5.41, 5.74) is 23.5. The maximum atomic E-state index is 12.0. The number of likely N-dealkylation sites (tertiary alicyclic amines) is 3. The number of fused-ring (bicyclic) bond motifs is 3. The van der Waals surface area contributed by atoms with E-state index in [1.807, 2.05) is 82.6 Å². The Labute approximate surface area is 584 Å². The number of piperidine rings is 3. The van der Waals surface area contributed by atoms with Gasteiger partial charge in [-0.25, -0.2) is 29.9 Å². The summed E-state index contributed by atoms with van der Waals surface area (Å²) in [5, 5.41) is 12.2. The third kappa shape index (κ3) is 17.2. The maximum Gasteiger partial charge on any atom is 0.251 e. The van der Waals surface area contributed by atoms with Crippen molar-refractivity contribution < 1.29 is 33.7 Å². The van der Waals surface area contributed by atoms with Crippen LogP contribution in [0.3, 0.4) is 0 Å². The number of nitrogens with two attached hydrogens (primary N) is 3. The molecule has 3 aliphatic heterocycles. The Balaban J connectivity index is 0.000000154. The molecule has 7 N–H and O–H groups in total. The van der Waals surface area contributed by atoms with E-state index in [1.165, 1.54) is 6.92 Å². The van der Waals surface area contributed by atoms with E-state index in [0.29, 0.717) is 53.8 Å². The summed E-state index contributed by atoms with van der Waals surface area (Å²) >= 11 is 15.6. The number of carbonyl (C=O) groups is 3. The molecule has 28 heteroatoms. The van der Waals surface area contributed by atoms with Gasteiger partial charge < -0.3 is 64.9 Å². The predicted octanol–water partition coefficient (Wildman–Crippen LogP) is 12.7. The summed E-state index contributed by atoms with van der Waals surface area (Å²) in [4.78, 5) is 70.3. The normalized spacial score (nSPS) is 15.2. The number of aliphatic hydroxyl groups is 1. The van der Waals surface area contributed by atoms with Crippen LogP contribution in [0.4, 0.5) is 17.5 Å². The molecule has 9 aromatic rings. The lowest BCUT2D eigenvalue weighted by molar-refractivity contribution is -0.140. The second-order valence-electron chi connectivity index (χ2n) is 23.4. The highest BCUT2D eigenvalue weighted by Crippen LogP contribution is 2.42. The quantitative estimate of drug-likeness (QED) is 0.0516. The number of hydrogen-bond acceptors (Lipinski definition) is 19. The number of nitrogens with zero attached hydrogens (tertiary/aromatic N) is 12.